The Labute approximate surface area is 155 Å². The molecule has 1 aromatic heterocycles. The van der Waals surface area contributed by atoms with E-state index < -0.39 is 0 Å². The van der Waals surface area contributed by atoms with Crippen molar-refractivity contribution in [3.05, 3.63) is 46.2 Å². The number of aryl methyl sites for hydroxylation is 1. The maximum Gasteiger partial charge on any atom is 0.251 e. The van der Waals surface area contributed by atoms with Gasteiger partial charge in [-0.25, -0.2) is 4.98 Å². The monoisotopic (exact) mass is 404 g/mol. The third-order valence-corrected chi connectivity index (χ3v) is 4.45. The summed E-state index contributed by atoms with van der Waals surface area (Å²) < 4.78 is 6.57. The molecule has 6 nitrogen and oxygen atoms in total. The van der Waals surface area contributed by atoms with E-state index >= 15 is 0 Å². The number of benzene rings is 1. The molecule has 0 unspecified atom stereocenters. The fraction of sp³-hybridized carbons (Fsp3) is 0.389. The molecule has 0 spiro atoms. The van der Waals surface area contributed by atoms with Gasteiger partial charge in [0.05, 0.1) is 6.54 Å². The lowest BCUT2D eigenvalue weighted by Crippen LogP contribution is -2.28. The predicted octanol–water partition coefficient (Wildman–Crippen LogP) is 2.96. The number of nitrogens with zero attached hydrogens (tertiary/aromatic N) is 3. The largest absolute Gasteiger partial charge is 0.476 e. The SMILES string of the molecule is Cc1nc(OCCNC(=O)c2cccc(Br)c2)cc(N2CCCC2)n1. The lowest BCUT2D eigenvalue weighted by atomic mass is 10.2. The number of nitrogens with one attached hydrogen (secondary N) is 1. The van der Waals surface area contributed by atoms with Crippen LogP contribution in [0.15, 0.2) is 34.8 Å². The first-order valence-electron chi connectivity index (χ1n) is 8.39. The molecule has 0 saturated carbocycles. The molecule has 1 aliphatic heterocycles. The Bertz CT molecular complexity index is 748. The first-order chi connectivity index (χ1) is 12.1. The summed E-state index contributed by atoms with van der Waals surface area (Å²) in [5.41, 5.74) is 0.614. The van der Waals surface area contributed by atoms with Crippen LogP contribution in [0, 0.1) is 6.92 Å². The Hall–Kier alpha value is -2.15. The molecule has 0 radical (unpaired) electrons. The summed E-state index contributed by atoms with van der Waals surface area (Å²) >= 11 is 3.36. The van der Waals surface area contributed by atoms with Gasteiger partial charge in [0.15, 0.2) is 0 Å². The van der Waals surface area contributed by atoms with E-state index in [0.29, 0.717) is 30.4 Å². The summed E-state index contributed by atoms with van der Waals surface area (Å²) in [5, 5.41) is 2.84. The number of hydrogen-bond donors (Lipinski definition) is 1. The topological polar surface area (TPSA) is 67.3 Å². The molecule has 7 heteroatoms. The molecule has 0 aliphatic carbocycles. The molecule has 2 heterocycles. The molecular formula is C18H21BrN4O2. The minimum Gasteiger partial charge on any atom is -0.476 e. The molecular weight excluding hydrogens is 384 g/mol. The van der Waals surface area contributed by atoms with E-state index in [0.717, 1.165) is 23.4 Å². The van der Waals surface area contributed by atoms with Crippen LogP contribution in [-0.4, -0.2) is 42.1 Å². The van der Waals surface area contributed by atoms with Crippen LogP contribution in [0.5, 0.6) is 5.88 Å². The van der Waals surface area contributed by atoms with Crippen molar-refractivity contribution in [2.75, 3.05) is 31.1 Å². The minimum atomic E-state index is -0.124. The molecule has 2 aromatic rings. The van der Waals surface area contributed by atoms with E-state index in [1.807, 2.05) is 25.1 Å². The summed E-state index contributed by atoms with van der Waals surface area (Å²) in [6.45, 7) is 4.68. The number of carbonyl (C=O) groups excluding carboxylic acids is 1. The predicted molar refractivity (Wildman–Crippen MR) is 100 cm³/mol. The lowest BCUT2D eigenvalue weighted by molar-refractivity contribution is 0.0946. The van der Waals surface area contributed by atoms with Crippen LogP contribution in [0.25, 0.3) is 0 Å². The van der Waals surface area contributed by atoms with Crippen molar-refractivity contribution in [2.24, 2.45) is 0 Å². The maximum atomic E-state index is 12.1. The highest BCUT2D eigenvalue weighted by Gasteiger charge is 2.15. The van der Waals surface area contributed by atoms with Crippen LogP contribution in [-0.2, 0) is 0 Å². The second-order valence-electron chi connectivity index (χ2n) is 5.92. The molecule has 25 heavy (non-hydrogen) atoms. The van der Waals surface area contributed by atoms with Crippen molar-refractivity contribution in [1.82, 2.24) is 15.3 Å². The quantitative estimate of drug-likeness (QED) is 0.749. The van der Waals surface area contributed by atoms with E-state index in [1.54, 1.807) is 12.1 Å². The van der Waals surface area contributed by atoms with Crippen LogP contribution in [0.2, 0.25) is 0 Å². The minimum absolute atomic E-state index is 0.124. The number of halogens is 1. The van der Waals surface area contributed by atoms with Gasteiger partial charge in [-0.1, -0.05) is 22.0 Å². The zero-order valence-corrected chi connectivity index (χ0v) is 15.8. The summed E-state index contributed by atoms with van der Waals surface area (Å²) in [6, 6.07) is 9.14. The van der Waals surface area contributed by atoms with Crippen molar-refractivity contribution in [3.8, 4) is 5.88 Å². The van der Waals surface area contributed by atoms with E-state index in [4.69, 9.17) is 4.74 Å². The third-order valence-electron chi connectivity index (χ3n) is 3.96. The summed E-state index contributed by atoms with van der Waals surface area (Å²) in [5.74, 6) is 2.03. The molecule has 3 rings (SSSR count). The average Bonchev–Trinajstić information content (AvgIpc) is 3.13. The fourth-order valence-electron chi connectivity index (χ4n) is 2.76. The number of ether oxygens (including phenoxy) is 1. The van der Waals surface area contributed by atoms with Crippen molar-refractivity contribution >= 4 is 27.7 Å². The highest BCUT2D eigenvalue weighted by molar-refractivity contribution is 9.10. The third kappa shape index (κ3) is 4.92. The molecule has 1 fully saturated rings. The molecule has 1 aliphatic rings. The normalized spacial score (nSPS) is 13.8. The number of aromatic nitrogens is 2. The van der Waals surface area contributed by atoms with Crippen LogP contribution < -0.4 is 15.0 Å². The number of amides is 1. The van der Waals surface area contributed by atoms with Crippen molar-refractivity contribution < 1.29 is 9.53 Å². The lowest BCUT2D eigenvalue weighted by Gasteiger charge is -2.17. The number of hydrogen-bond acceptors (Lipinski definition) is 5. The molecule has 1 saturated heterocycles. The summed E-state index contributed by atoms with van der Waals surface area (Å²) in [4.78, 5) is 23.1. The zero-order valence-electron chi connectivity index (χ0n) is 14.2. The van der Waals surface area contributed by atoms with Gasteiger partial charge >= 0.3 is 0 Å². The first-order valence-corrected chi connectivity index (χ1v) is 9.18. The van der Waals surface area contributed by atoms with Gasteiger partial charge in [-0.3, -0.25) is 4.79 Å². The molecule has 0 atom stereocenters. The van der Waals surface area contributed by atoms with E-state index in [2.05, 4.69) is 36.1 Å². The molecule has 1 amide bonds. The number of carbonyl (C=O) groups is 1. The number of rotatable bonds is 6. The van der Waals surface area contributed by atoms with E-state index in [1.165, 1.54) is 12.8 Å². The Morgan fingerprint density at radius 2 is 2.08 bits per heavy atom. The highest BCUT2D eigenvalue weighted by Crippen LogP contribution is 2.21. The Balaban J connectivity index is 1.51. The van der Waals surface area contributed by atoms with Crippen molar-refractivity contribution in [2.45, 2.75) is 19.8 Å². The Kier molecular flexibility index (Phi) is 5.86. The second-order valence-corrected chi connectivity index (χ2v) is 6.84. The van der Waals surface area contributed by atoms with Crippen LogP contribution >= 0.6 is 15.9 Å². The molecule has 1 aromatic carbocycles. The Morgan fingerprint density at radius 1 is 1.28 bits per heavy atom. The Morgan fingerprint density at radius 3 is 2.84 bits per heavy atom. The van der Waals surface area contributed by atoms with Crippen LogP contribution in [0.3, 0.4) is 0 Å². The van der Waals surface area contributed by atoms with Gasteiger partial charge in [0.25, 0.3) is 5.91 Å². The van der Waals surface area contributed by atoms with Gasteiger partial charge in [-0.2, -0.15) is 4.98 Å². The van der Waals surface area contributed by atoms with Crippen molar-refractivity contribution in [1.29, 1.82) is 0 Å². The van der Waals surface area contributed by atoms with E-state index in [-0.39, 0.29) is 5.91 Å². The summed E-state index contributed by atoms with van der Waals surface area (Å²) in [6.07, 6.45) is 2.39. The van der Waals surface area contributed by atoms with E-state index in [9.17, 15) is 4.79 Å². The average molecular weight is 405 g/mol. The van der Waals surface area contributed by atoms with Crippen LogP contribution in [0.4, 0.5) is 5.82 Å². The highest BCUT2D eigenvalue weighted by atomic mass is 79.9. The smallest absolute Gasteiger partial charge is 0.251 e. The molecule has 1 N–H and O–H groups in total. The summed E-state index contributed by atoms with van der Waals surface area (Å²) in [7, 11) is 0. The zero-order chi connectivity index (χ0) is 17.6. The fourth-order valence-corrected chi connectivity index (χ4v) is 3.16. The standard InChI is InChI=1S/C18H21BrN4O2/c1-13-21-16(23-8-2-3-9-23)12-17(22-13)25-10-7-20-18(24)14-5-4-6-15(19)11-14/h4-6,11-12H,2-3,7-10H2,1H3,(H,20,24). The first kappa shape index (κ1) is 17.7. The van der Waals surface area contributed by atoms with Gasteiger partial charge in [-0.05, 0) is 38.0 Å². The second kappa shape index (κ2) is 8.29. The van der Waals surface area contributed by atoms with Gasteiger partial charge in [-0.15, -0.1) is 0 Å². The van der Waals surface area contributed by atoms with Crippen molar-refractivity contribution in [3.63, 3.8) is 0 Å². The molecule has 132 valence electrons. The molecule has 0 bridgehead atoms. The van der Waals surface area contributed by atoms with Gasteiger partial charge in [0, 0.05) is 29.2 Å². The van der Waals surface area contributed by atoms with Gasteiger partial charge in [0.1, 0.15) is 18.2 Å². The van der Waals surface area contributed by atoms with Crippen LogP contribution in [0.1, 0.15) is 29.0 Å². The van der Waals surface area contributed by atoms with Gasteiger partial charge in [0.2, 0.25) is 5.88 Å². The maximum absolute atomic E-state index is 12.1. The number of anilines is 1. The van der Waals surface area contributed by atoms with Gasteiger partial charge < -0.3 is 15.0 Å².